The van der Waals surface area contributed by atoms with E-state index in [4.69, 9.17) is 9.84 Å². The zero-order valence-corrected chi connectivity index (χ0v) is 11.9. The number of carbonyl (C=O) groups excluding carboxylic acids is 2. The van der Waals surface area contributed by atoms with Crippen molar-refractivity contribution in [2.75, 3.05) is 0 Å². The fraction of sp³-hybridized carbons (Fsp3) is 0.118. The number of aromatic carboxylic acids is 1. The number of ketones is 1. The summed E-state index contributed by atoms with van der Waals surface area (Å²) in [5.74, 6) is -1.57. The number of hydrogen-bond donors (Lipinski definition) is 1. The van der Waals surface area contributed by atoms with Crippen molar-refractivity contribution in [3.8, 4) is 5.75 Å². The minimum atomic E-state index is -1.16. The van der Waals surface area contributed by atoms with E-state index in [9.17, 15) is 14.4 Å². The molecule has 1 N–H and O–H groups in total. The molecular weight excluding hydrogens is 284 g/mol. The molecular formula is C17H14O5. The first kappa shape index (κ1) is 15.4. The summed E-state index contributed by atoms with van der Waals surface area (Å²) >= 11 is 0. The second-order valence-electron chi connectivity index (χ2n) is 4.53. The van der Waals surface area contributed by atoms with Crippen molar-refractivity contribution in [3.63, 3.8) is 0 Å². The van der Waals surface area contributed by atoms with Gasteiger partial charge in [-0.15, -0.1) is 0 Å². The van der Waals surface area contributed by atoms with Gasteiger partial charge in [-0.3, -0.25) is 9.59 Å². The van der Waals surface area contributed by atoms with Crippen molar-refractivity contribution in [1.82, 2.24) is 0 Å². The Labute approximate surface area is 127 Å². The molecule has 0 spiro atoms. The molecule has 0 aromatic heterocycles. The van der Waals surface area contributed by atoms with Crippen LogP contribution >= 0.6 is 0 Å². The minimum absolute atomic E-state index is 0.0472. The van der Waals surface area contributed by atoms with Crippen molar-refractivity contribution in [1.29, 1.82) is 0 Å². The summed E-state index contributed by atoms with van der Waals surface area (Å²) < 4.78 is 5.02. The highest BCUT2D eigenvalue weighted by atomic mass is 16.5. The second kappa shape index (κ2) is 6.67. The summed E-state index contributed by atoms with van der Waals surface area (Å²) in [6, 6.07) is 12.0. The molecule has 0 heterocycles. The van der Waals surface area contributed by atoms with E-state index < -0.39 is 11.8 Å². The number of esters is 1. The molecule has 0 atom stereocenters. The number of rotatable bonds is 5. The monoisotopic (exact) mass is 298 g/mol. The van der Waals surface area contributed by atoms with Gasteiger partial charge in [-0.05, 0) is 30.3 Å². The number of carbonyl (C=O) groups is 3. The van der Waals surface area contributed by atoms with Crippen molar-refractivity contribution in [2.24, 2.45) is 0 Å². The van der Waals surface area contributed by atoms with Gasteiger partial charge in [0.15, 0.2) is 5.78 Å². The summed E-state index contributed by atoms with van der Waals surface area (Å²) in [4.78, 5) is 34.7. The van der Waals surface area contributed by atoms with Gasteiger partial charge in [-0.2, -0.15) is 0 Å². The lowest BCUT2D eigenvalue weighted by Crippen LogP contribution is -2.10. The molecule has 0 saturated carbocycles. The van der Waals surface area contributed by atoms with Crippen LogP contribution in [0, 0.1) is 0 Å². The van der Waals surface area contributed by atoms with Crippen LogP contribution in [0.25, 0.3) is 0 Å². The SMILES string of the molecule is CCC(=O)Oc1ccc(C(=O)c2ccccc2C(=O)O)cc1. The van der Waals surface area contributed by atoms with E-state index in [1.165, 1.54) is 36.4 Å². The predicted molar refractivity (Wildman–Crippen MR) is 79.2 cm³/mol. The topological polar surface area (TPSA) is 80.7 Å². The van der Waals surface area contributed by atoms with Gasteiger partial charge in [0.25, 0.3) is 0 Å². The largest absolute Gasteiger partial charge is 0.478 e. The smallest absolute Gasteiger partial charge is 0.336 e. The zero-order valence-electron chi connectivity index (χ0n) is 11.9. The summed E-state index contributed by atoms with van der Waals surface area (Å²) in [6.45, 7) is 1.68. The summed E-state index contributed by atoms with van der Waals surface area (Å²) in [7, 11) is 0. The maximum Gasteiger partial charge on any atom is 0.336 e. The van der Waals surface area contributed by atoms with Gasteiger partial charge in [-0.25, -0.2) is 4.79 Å². The van der Waals surface area contributed by atoms with Gasteiger partial charge in [0.2, 0.25) is 0 Å². The highest BCUT2D eigenvalue weighted by molar-refractivity contribution is 6.14. The Balaban J connectivity index is 2.27. The molecule has 2 aromatic rings. The van der Waals surface area contributed by atoms with Crippen LogP contribution in [-0.2, 0) is 4.79 Å². The van der Waals surface area contributed by atoms with Crippen molar-refractivity contribution < 1.29 is 24.2 Å². The average molecular weight is 298 g/mol. The van der Waals surface area contributed by atoms with E-state index in [1.54, 1.807) is 19.1 Å². The van der Waals surface area contributed by atoms with Gasteiger partial charge < -0.3 is 9.84 Å². The fourth-order valence-corrected chi connectivity index (χ4v) is 1.90. The quantitative estimate of drug-likeness (QED) is 0.521. The highest BCUT2D eigenvalue weighted by Crippen LogP contribution is 2.18. The van der Waals surface area contributed by atoms with E-state index in [-0.39, 0.29) is 23.5 Å². The van der Waals surface area contributed by atoms with E-state index in [2.05, 4.69) is 0 Å². The summed E-state index contributed by atoms with van der Waals surface area (Å²) in [6.07, 6.45) is 0.257. The van der Waals surface area contributed by atoms with Crippen LogP contribution in [0.5, 0.6) is 5.75 Å². The van der Waals surface area contributed by atoms with Gasteiger partial charge >= 0.3 is 11.9 Å². The van der Waals surface area contributed by atoms with Crippen LogP contribution in [0.4, 0.5) is 0 Å². The lowest BCUT2D eigenvalue weighted by Gasteiger charge is -2.06. The molecule has 0 bridgehead atoms. The van der Waals surface area contributed by atoms with Crippen LogP contribution < -0.4 is 4.74 Å². The van der Waals surface area contributed by atoms with E-state index in [0.717, 1.165) is 0 Å². The van der Waals surface area contributed by atoms with Gasteiger partial charge in [-0.1, -0.05) is 25.1 Å². The molecule has 0 aliphatic heterocycles. The van der Waals surface area contributed by atoms with Crippen LogP contribution in [0.1, 0.15) is 39.6 Å². The molecule has 112 valence electrons. The average Bonchev–Trinajstić information content (AvgIpc) is 2.54. The molecule has 0 amide bonds. The number of ether oxygens (including phenoxy) is 1. The normalized spacial score (nSPS) is 10.0. The fourth-order valence-electron chi connectivity index (χ4n) is 1.90. The lowest BCUT2D eigenvalue weighted by atomic mass is 9.98. The number of carboxylic acid groups (broad SMARTS) is 1. The first-order chi connectivity index (χ1) is 10.5. The number of hydrogen-bond acceptors (Lipinski definition) is 4. The molecule has 2 aromatic carbocycles. The van der Waals surface area contributed by atoms with Crippen LogP contribution in [-0.4, -0.2) is 22.8 Å². The molecule has 0 aliphatic carbocycles. The van der Waals surface area contributed by atoms with Crippen LogP contribution in [0.3, 0.4) is 0 Å². The molecule has 0 radical (unpaired) electrons. The Hall–Kier alpha value is -2.95. The molecule has 0 aliphatic rings. The van der Waals surface area contributed by atoms with Gasteiger partial charge in [0.1, 0.15) is 5.75 Å². The molecule has 5 heteroatoms. The Bertz CT molecular complexity index is 716. The summed E-state index contributed by atoms with van der Waals surface area (Å²) in [5, 5.41) is 9.12. The van der Waals surface area contributed by atoms with Gasteiger partial charge in [0.05, 0.1) is 5.56 Å². The third-order valence-corrected chi connectivity index (χ3v) is 3.04. The molecule has 0 unspecified atom stereocenters. The Morgan fingerprint density at radius 3 is 2.09 bits per heavy atom. The third kappa shape index (κ3) is 3.38. The Kier molecular flexibility index (Phi) is 4.68. The first-order valence-corrected chi connectivity index (χ1v) is 6.70. The van der Waals surface area contributed by atoms with Gasteiger partial charge in [0, 0.05) is 17.5 Å². The lowest BCUT2D eigenvalue weighted by molar-refractivity contribution is -0.134. The third-order valence-electron chi connectivity index (χ3n) is 3.04. The standard InChI is InChI=1S/C17H14O5/c1-2-15(18)22-12-9-7-11(8-10-12)16(19)13-5-3-4-6-14(13)17(20)21/h3-10H,2H2,1H3,(H,20,21). The molecule has 2 rings (SSSR count). The van der Waals surface area contributed by atoms with Crippen molar-refractivity contribution in [3.05, 3.63) is 65.2 Å². The van der Waals surface area contributed by atoms with E-state index in [1.807, 2.05) is 0 Å². The maximum absolute atomic E-state index is 12.4. The minimum Gasteiger partial charge on any atom is -0.478 e. The van der Waals surface area contributed by atoms with E-state index >= 15 is 0 Å². The van der Waals surface area contributed by atoms with Crippen molar-refractivity contribution in [2.45, 2.75) is 13.3 Å². The maximum atomic E-state index is 12.4. The van der Waals surface area contributed by atoms with Crippen LogP contribution in [0.2, 0.25) is 0 Å². The highest BCUT2D eigenvalue weighted by Gasteiger charge is 2.17. The molecule has 22 heavy (non-hydrogen) atoms. The second-order valence-corrected chi connectivity index (χ2v) is 4.53. The molecule has 0 saturated heterocycles. The van der Waals surface area contributed by atoms with E-state index in [0.29, 0.717) is 11.3 Å². The first-order valence-electron chi connectivity index (χ1n) is 6.70. The van der Waals surface area contributed by atoms with Crippen LogP contribution in [0.15, 0.2) is 48.5 Å². The Morgan fingerprint density at radius 2 is 1.55 bits per heavy atom. The summed E-state index contributed by atoms with van der Waals surface area (Å²) in [5.41, 5.74) is 0.396. The predicted octanol–water partition coefficient (Wildman–Crippen LogP) is 2.93. The Morgan fingerprint density at radius 1 is 0.955 bits per heavy atom. The van der Waals surface area contributed by atoms with Crippen molar-refractivity contribution >= 4 is 17.7 Å². The zero-order chi connectivity index (χ0) is 16.1. The number of benzene rings is 2. The molecule has 0 fully saturated rings. The number of carboxylic acids is 1. The molecule has 5 nitrogen and oxygen atoms in total.